The Labute approximate surface area is 165 Å². The third-order valence-electron chi connectivity index (χ3n) is 4.02. The number of nitrogens with zero attached hydrogens (tertiary/aromatic N) is 2. The molecule has 3 N–H and O–H groups in total. The molecular formula is C18H23BrN4O4. The summed E-state index contributed by atoms with van der Waals surface area (Å²) >= 11 is 3.39. The molecule has 2 rings (SSSR count). The molecule has 0 unspecified atom stereocenters. The summed E-state index contributed by atoms with van der Waals surface area (Å²) in [7, 11) is 2.88. The summed E-state index contributed by atoms with van der Waals surface area (Å²) in [4.78, 5) is 37.5. The maximum absolute atomic E-state index is 12.7. The summed E-state index contributed by atoms with van der Waals surface area (Å²) in [6, 6.07) is 5.27. The van der Waals surface area contributed by atoms with E-state index in [-0.39, 0.29) is 23.8 Å². The van der Waals surface area contributed by atoms with Gasteiger partial charge >= 0.3 is 5.69 Å². The normalized spacial score (nSPS) is 10.9. The van der Waals surface area contributed by atoms with Crippen LogP contribution in [0.3, 0.4) is 0 Å². The molecule has 0 spiro atoms. The number of carbonyl (C=O) groups is 1. The lowest BCUT2D eigenvalue weighted by molar-refractivity contribution is 0.100. The number of hydrogen-bond donors (Lipinski definition) is 2. The number of halogens is 1. The van der Waals surface area contributed by atoms with Crippen LogP contribution in [0.15, 0.2) is 32.3 Å². The van der Waals surface area contributed by atoms with E-state index in [1.807, 2.05) is 13.8 Å². The number of benzene rings is 1. The number of rotatable bonds is 7. The van der Waals surface area contributed by atoms with Gasteiger partial charge in [-0.1, -0.05) is 13.8 Å². The van der Waals surface area contributed by atoms with Gasteiger partial charge in [-0.05, 0) is 34.0 Å². The van der Waals surface area contributed by atoms with Crippen molar-refractivity contribution in [2.24, 2.45) is 13.0 Å². The van der Waals surface area contributed by atoms with Gasteiger partial charge in [-0.2, -0.15) is 0 Å². The molecule has 0 aliphatic heterocycles. The van der Waals surface area contributed by atoms with E-state index in [0.717, 1.165) is 9.04 Å². The lowest BCUT2D eigenvalue weighted by Crippen LogP contribution is -2.43. The van der Waals surface area contributed by atoms with Crippen LogP contribution in [0.2, 0.25) is 0 Å². The van der Waals surface area contributed by atoms with Gasteiger partial charge in [0.25, 0.3) is 5.56 Å². The van der Waals surface area contributed by atoms with Gasteiger partial charge < -0.3 is 15.8 Å². The zero-order valence-corrected chi connectivity index (χ0v) is 17.3. The van der Waals surface area contributed by atoms with Gasteiger partial charge in [0.05, 0.1) is 19.3 Å². The maximum atomic E-state index is 12.7. The van der Waals surface area contributed by atoms with Crippen molar-refractivity contribution < 1.29 is 9.53 Å². The highest BCUT2D eigenvalue weighted by molar-refractivity contribution is 9.10. The van der Waals surface area contributed by atoms with Crippen molar-refractivity contribution in [2.75, 3.05) is 24.7 Å². The summed E-state index contributed by atoms with van der Waals surface area (Å²) in [5.74, 6) is 0.138. The summed E-state index contributed by atoms with van der Waals surface area (Å²) in [5.41, 5.74) is 5.23. The number of ether oxygens (including phenoxy) is 1. The van der Waals surface area contributed by atoms with Crippen LogP contribution in [0.25, 0.3) is 0 Å². The zero-order chi connectivity index (χ0) is 20.3. The Morgan fingerprint density at radius 1 is 1.33 bits per heavy atom. The Morgan fingerprint density at radius 3 is 2.59 bits per heavy atom. The van der Waals surface area contributed by atoms with Gasteiger partial charge in [-0.25, -0.2) is 4.79 Å². The molecule has 8 nitrogen and oxygen atoms in total. The molecule has 1 aromatic heterocycles. The number of ketones is 1. The molecule has 1 heterocycles. The smallest absolute Gasteiger partial charge is 0.332 e. The lowest BCUT2D eigenvalue weighted by Gasteiger charge is -2.16. The second-order valence-corrected chi connectivity index (χ2v) is 7.39. The number of methoxy groups -OCH3 is 1. The van der Waals surface area contributed by atoms with Gasteiger partial charge in [0, 0.05) is 24.1 Å². The van der Waals surface area contributed by atoms with Crippen LogP contribution in [-0.4, -0.2) is 28.6 Å². The molecule has 0 saturated heterocycles. The van der Waals surface area contributed by atoms with E-state index < -0.39 is 17.0 Å². The molecule has 0 fully saturated rings. The average Bonchev–Trinajstić information content (AvgIpc) is 2.63. The molecule has 9 heteroatoms. The van der Waals surface area contributed by atoms with Gasteiger partial charge in [-0.15, -0.1) is 0 Å². The SMILES string of the molecule is COc1ccc(Br)c(NCC(=O)c2c(N)n(CC(C)C)c(=O)n(C)c2=O)c1. The Bertz CT molecular complexity index is 979. The van der Waals surface area contributed by atoms with E-state index in [2.05, 4.69) is 21.2 Å². The van der Waals surface area contributed by atoms with Gasteiger partial charge in [0.1, 0.15) is 17.1 Å². The number of hydrogen-bond acceptors (Lipinski definition) is 6. The van der Waals surface area contributed by atoms with Crippen molar-refractivity contribution in [1.82, 2.24) is 9.13 Å². The quantitative estimate of drug-likeness (QED) is 0.638. The molecule has 0 amide bonds. The summed E-state index contributed by atoms with van der Waals surface area (Å²) in [6.07, 6.45) is 0. The Morgan fingerprint density at radius 2 is 2.00 bits per heavy atom. The number of aromatic nitrogens is 2. The van der Waals surface area contributed by atoms with Crippen LogP contribution >= 0.6 is 15.9 Å². The lowest BCUT2D eigenvalue weighted by atomic mass is 10.1. The van der Waals surface area contributed by atoms with Crippen LogP contribution in [0.4, 0.5) is 11.5 Å². The van der Waals surface area contributed by atoms with E-state index in [1.165, 1.54) is 11.6 Å². The highest BCUT2D eigenvalue weighted by atomic mass is 79.9. The van der Waals surface area contributed by atoms with Crippen LogP contribution in [0, 0.1) is 5.92 Å². The number of nitrogens with one attached hydrogen (secondary N) is 1. The largest absolute Gasteiger partial charge is 0.497 e. The van der Waals surface area contributed by atoms with E-state index in [1.54, 1.807) is 25.3 Å². The van der Waals surface area contributed by atoms with E-state index >= 15 is 0 Å². The molecule has 1 aromatic carbocycles. The number of anilines is 2. The van der Waals surface area contributed by atoms with Crippen LogP contribution in [-0.2, 0) is 13.6 Å². The first-order valence-corrected chi connectivity index (χ1v) is 9.16. The Hall–Kier alpha value is -2.55. The fraction of sp³-hybridized carbons (Fsp3) is 0.389. The summed E-state index contributed by atoms with van der Waals surface area (Å²) < 4.78 is 8.08. The van der Waals surface area contributed by atoms with Crippen molar-refractivity contribution >= 4 is 33.2 Å². The van der Waals surface area contributed by atoms with Gasteiger partial charge in [0.2, 0.25) is 0 Å². The fourth-order valence-corrected chi connectivity index (χ4v) is 3.00. The molecule has 2 aromatic rings. The molecule has 146 valence electrons. The Balaban J connectivity index is 2.38. The number of Topliss-reactive ketones (excluding diaryl/α,β-unsaturated/α-hetero) is 1. The predicted octanol–water partition coefficient (Wildman–Crippen LogP) is 1.85. The molecule has 0 radical (unpaired) electrons. The standard InChI is InChI=1S/C18H23BrN4O4/c1-10(2)9-23-16(20)15(17(25)22(3)18(23)26)14(24)8-21-13-7-11(27-4)5-6-12(13)19/h5-7,10,21H,8-9,20H2,1-4H3. The molecule has 0 saturated carbocycles. The monoisotopic (exact) mass is 438 g/mol. The van der Waals surface area contributed by atoms with Crippen molar-refractivity contribution in [3.63, 3.8) is 0 Å². The first kappa shape index (κ1) is 20.8. The first-order valence-electron chi connectivity index (χ1n) is 8.37. The average molecular weight is 439 g/mol. The zero-order valence-electron chi connectivity index (χ0n) is 15.7. The number of nitrogens with two attached hydrogens (primary N) is 1. The van der Waals surface area contributed by atoms with Crippen molar-refractivity contribution in [3.05, 3.63) is 49.1 Å². The van der Waals surface area contributed by atoms with Gasteiger partial charge in [0.15, 0.2) is 5.78 Å². The van der Waals surface area contributed by atoms with Crippen molar-refractivity contribution in [3.8, 4) is 5.75 Å². The van der Waals surface area contributed by atoms with Crippen molar-refractivity contribution in [2.45, 2.75) is 20.4 Å². The topological polar surface area (TPSA) is 108 Å². The third kappa shape index (κ3) is 4.41. The van der Waals surface area contributed by atoms with E-state index in [0.29, 0.717) is 18.0 Å². The second kappa shape index (κ2) is 8.43. The highest BCUT2D eigenvalue weighted by Gasteiger charge is 2.21. The minimum Gasteiger partial charge on any atom is -0.497 e. The summed E-state index contributed by atoms with van der Waals surface area (Å²) in [5, 5.41) is 2.97. The Kier molecular flexibility index (Phi) is 6.48. The molecule has 0 aliphatic carbocycles. The minimum absolute atomic E-state index is 0.103. The molecule has 27 heavy (non-hydrogen) atoms. The van der Waals surface area contributed by atoms with Crippen LogP contribution in [0.5, 0.6) is 5.75 Å². The van der Waals surface area contributed by atoms with Gasteiger partial charge in [-0.3, -0.25) is 18.7 Å². The molecular weight excluding hydrogens is 416 g/mol. The molecule has 0 bridgehead atoms. The predicted molar refractivity (Wildman–Crippen MR) is 109 cm³/mol. The minimum atomic E-state index is -0.700. The molecule has 0 aliphatic rings. The third-order valence-corrected chi connectivity index (χ3v) is 4.71. The first-order chi connectivity index (χ1) is 12.7. The van der Waals surface area contributed by atoms with E-state index in [9.17, 15) is 14.4 Å². The summed E-state index contributed by atoms with van der Waals surface area (Å²) in [6.45, 7) is 3.99. The van der Waals surface area contributed by atoms with E-state index in [4.69, 9.17) is 10.5 Å². The number of carbonyl (C=O) groups excluding carboxylic acids is 1. The van der Waals surface area contributed by atoms with Crippen LogP contribution < -0.4 is 27.0 Å². The maximum Gasteiger partial charge on any atom is 0.332 e. The van der Waals surface area contributed by atoms with Crippen LogP contribution in [0.1, 0.15) is 24.2 Å². The fourth-order valence-electron chi connectivity index (χ4n) is 2.62. The second-order valence-electron chi connectivity index (χ2n) is 6.53. The molecule has 0 atom stereocenters. The van der Waals surface area contributed by atoms with Crippen molar-refractivity contribution in [1.29, 1.82) is 0 Å². The highest BCUT2D eigenvalue weighted by Crippen LogP contribution is 2.27. The number of nitrogen functional groups attached to an aromatic ring is 1.